The van der Waals surface area contributed by atoms with Gasteiger partial charge in [-0.05, 0) is 30.0 Å². The standard InChI is InChI=1S/C24H35N5O9/c1-3-12(2)20(24(37)38)29-22(35)16(8-9-19(32)33)27-23(36)17(10-13-4-6-14(30)7-5-13)28-21(34)15(25)11-18(26)31/h4-7,12,15-17,20,30H,3,8-11,25H2,1-2H3,(H2,26,31)(H,27,36)(H,28,34)(H,29,35)(H,32,33)(H,37,38). The second kappa shape index (κ2) is 15.1. The predicted octanol–water partition coefficient (Wildman–Crippen LogP) is -1.41. The van der Waals surface area contributed by atoms with E-state index in [1.54, 1.807) is 13.8 Å². The van der Waals surface area contributed by atoms with Gasteiger partial charge in [0.25, 0.3) is 0 Å². The lowest BCUT2D eigenvalue weighted by Gasteiger charge is -2.26. The second-order valence-electron chi connectivity index (χ2n) is 8.91. The third-order valence-corrected chi connectivity index (χ3v) is 5.82. The van der Waals surface area contributed by atoms with Crippen LogP contribution in [0.3, 0.4) is 0 Å². The van der Waals surface area contributed by atoms with Gasteiger partial charge in [-0.1, -0.05) is 32.4 Å². The number of benzene rings is 1. The van der Waals surface area contributed by atoms with Crippen molar-refractivity contribution in [2.24, 2.45) is 17.4 Å². The van der Waals surface area contributed by atoms with E-state index in [1.807, 2.05) is 0 Å². The number of carboxylic acids is 2. The van der Waals surface area contributed by atoms with Crippen molar-refractivity contribution < 1.29 is 44.1 Å². The Morgan fingerprint density at radius 2 is 1.45 bits per heavy atom. The molecule has 0 bridgehead atoms. The first kappa shape index (κ1) is 31.8. The summed E-state index contributed by atoms with van der Waals surface area (Å²) in [6.45, 7) is 3.35. The molecule has 0 spiro atoms. The number of hydrogen-bond acceptors (Lipinski definition) is 8. The SMILES string of the molecule is CCC(C)C(NC(=O)C(CCC(=O)O)NC(=O)C(Cc1ccc(O)cc1)NC(=O)C(N)CC(N)=O)C(=O)O. The molecule has 0 saturated carbocycles. The number of nitrogens with two attached hydrogens (primary N) is 2. The van der Waals surface area contributed by atoms with Crippen LogP contribution < -0.4 is 27.4 Å². The second-order valence-corrected chi connectivity index (χ2v) is 8.91. The summed E-state index contributed by atoms with van der Waals surface area (Å²) in [6, 6.07) is 0.270. The first-order valence-corrected chi connectivity index (χ1v) is 11.9. The Kier molecular flexibility index (Phi) is 12.7. The first-order valence-electron chi connectivity index (χ1n) is 11.9. The van der Waals surface area contributed by atoms with Crippen molar-refractivity contribution in [3.63, 3.8) is 0 Å². The number of hydrogen-bond donors (Lipinski definition) is 8. The summed E-state index contributed by atoms with van der Waals surface area (Å²) in [4.78, 5) is 72.6. The molecular weight excluding hydrogens is 502 g/mol. The highest BCUT2D eigenvalue weighted by atomic mass is 16.4. The zero-order valence-electron chi connectivity index (χ0n) is 21.2. The third kappa shape index (κ3) is 10.8. The maximum absolute atomic E-state index is 13.2. The van der Waals surface area contributed by atoms with Crippen LogP contribution in [-0.2, 0) is 35.2 Å². The number of amides is 4. The monoisotopic (exact) mass is 537 g/mol. The molecule has 14 nitrogen and oxygen atoms in total. The van der Waals surface area contributed by atoms with Crippen molar-refractivity contribution in [3.05, 3.63) is 29.8 Å². The topological polar surface area (TPSA) is 251 Å². The van der Waals surface area contributed by atoms with Crippen LogP contribution in [0.4, 0.5) is 0 Å². The number of carbonyl (C=O) groups excluding carboxylic acids is 4. The fraction of sp³-hybridized carbons (Fsp3) is 0.500. The summed E-state index contributed by atoms with van der Waals surface area (Å²) >= 11 is 0. The van der Waals surface area contributed by atoms with Crippen LogP contribution in [0.25, 0.3) is 0 Å². The van der Waals surface area contributed by atoms with Gasteiger partial charge in [0.05, 0.1) is 12.5 Å². The molecule has 1 aromatic carbocycles. The number of primary amides is 1. The predicted molar refractivity (Wildman–Crippen MR) is 133 cm³/mol. The van der Waals surface area contributed by atoms with Crippen molar-refractivity contribution in [1.29, 1.82) is 0 Å². The van der Waals surface area contributed by atoms with Crippen LogP contribution in [-0.4, -0.2) is 75.1 Å². The molecule has 5 unspecified atom stereocenters. The number of carbonyl (C=O) groups is 6. The van der Waals surface area contributed by atoms with Crippen LogP contribution in [0, 0.1) is 5.92 Å². The molecule has 0 aromatic heterocycles. The Labute approximate surface area is 219 Å². The maximum Gasteiger partial charge on any atom is 0.326 e. The van der Waals surface area contributed by atoms with E-state index >= 15 is 0 Å². The largest absolute Gasteiger partial charge is 0.508 e. The summed E-state index contributed by atoms with van der Waals surface area (Å²) in [5.41, 5.74) is 11.2. The average molecular weight is 538 g/mol. The van der Waals surface area contributed by atoms with E-state index in [0.717, 1.165) is 0 Å². The smallest absolute Gasteiger partial charge is 0.326 e. The summed E-state index contributed by atoms with van der Waals surface area (Å²) in [5, 5.41) is 35.2. The number of phenols is 1. The minimum Gasteiger partial charge on any atom is -0.508 e. The minimum atomic E-state index is -1.44. The quantitative estimate of drug-likeness (QED) is 0.122. The lowest BCUT2D eigenvalue weighted by atomic mass is 9.98. The Balaban J connectivity index is 3.20. The van der Waals surface area contributed by atoms with Crippen LogP contribution in [0.15, 0.2) is 24.3 Å². The van der Waals surface area contributed by atoms with Crippen molar-refractivity contribution in [3.8, 4) is 5.75 Å². The van der Waals surface area contributed by atoms with Crippen molar-refractivity contribution >= 4 is 35.6 Å². The summed E-state index contributed by atoms with van der Waals surface area (Å²) in [7, 11) is 0. The molecule has 0 fully saturated rings. The molecule has 1 aromatic rings. The van der Waals surface area contributed by atoms with Gasteiger partial charge in [0, 0.05) is 12.8 Å². The molecule has 0 aliphatic heterocycles. The number of carboxylic acid groups (broad SMARTS) is 2. The van der Waals surface area contributed by atoms with Gasteiger partial charge in [-0.3, -0.25) is 24.0 Å². The van der Waals surface area contributed by atoms with Gasteiger partial charge in [-0.15, -0.1) is 0 Å². The van der Waals surface area contributed by atoms with E-state index in [2.05, 4.69) is 16.0 Å². The molecule has 5 atom stereocenters. The van der Waals surface area contributed by atoms with Gasteiger partial charge in [0.15, 0.2) is 0 Å². The fourth-order valence-corrected chi connectivity index (χ4v) is 3.41. The molecular formula is C24H35N5O9. The fourth-order valence-electron chi connectivity index (χ4n) is 3.41. The molecule has 14 heteroatoms. The van der Waals surface area contributed by atoms with Crippen molar-refractivity contribution in [2.75, 3.05) is 0 Å². The van der Waals surface area contributed by atoms with Gasteiger partial charge in [-0.25, -0.2) is 4.79 Å². The highest BCUT2D eigenvalue weighted by Crippen LogP contribution is 2.13. The third-order valence-electron chi connectivity index (χ3n) is 5.82. The van der Waals surface area contributed by atoms with E-state index in [9.17, 15) is 39.0 Å². The molecule has 0 heterocycles. The van der Waals surface area contributed by atoms with Crippen molar-refractivity contribution in [1.82, 2.24) is 16.0 Å². The molecule has 0 aliphatic rings. The zero-order valence-corrected chi connectivity index (χ0v) is 21.2. The lowest BCUT2D eigenvalue weighted by Crippen LogP contribution is -2.58. The highest BCUT2D eigenvalue weighted by Gasteiger charge is 2.32. The number of rotatable bonds is 16. The zero-order chi connectivity index (χ0) is 29.0. The van der Waals surface area contributed by atoms with Gasteiger partial charge in [0.1, 0.15) is 23.9 Å². The van der Waals surface area contributed by atoms with E-state index in [0.29, 0.717) is 12.0 Å². The number of nitrogens with one attached hydrogen (secondary N) is 3. The van der Waals surface area contributed by atoms with Crippen LogP contribution in [0.2, 0.25) is 0 Å². The average Bonchev–Trinajstić information content (AvgIpc) is 2.84. The molecule has 4 amide bonds. The molecule has 0 saturated heterocycles. The molecule has 38 heavy (non-hydrogen) atoms. The summed E-state index contributed by atoms with van der Waals surface area (Å²) in [5.74, 6) is -6.56. The van der Waals surface area contributed by atoms with Crippen molar-refractivity contribution in [2.45, 2.75) is 70.1 Å². The number of aromatic hydroxyl groups is 1. The van der Waals surface area contributed by atoms with Gasteiger partial charge < -0.3 is 42.7 Å². The van der Waals surface area contributed by atoms with Gasteiger partial charge in [-0.2, -0.15) is 0 Å². The molecule has 0 aliphatic carbocycles. The first-order chi connectivity index (χ1) is 17.7. The van der Waals surface area contributed by atoms with E-state index in [4.69, 9.17) is 16.6 Å². The maximum atomic E-state index is 13.2. The molecule has 210 valence electrons. The highest BCUT2D eigenvalue weighted by molar-refractivity contribution is 5.95. The lowest BCUT2D eigenvalue weighted by molar-refractivity contribution is -0.144. The Morgan fingerprint density at radius 1 is 0.895 bits per heavy atom. The van der Waals surface area contributed by atoms with Gasteiger partial charge >= 0.3 is 11.9 Å². The Bertz CT molecular complexity index is 1020. The Morgan fingerprint density at radius 3 is 1.95 bits per heavy atom. The van der Waals surface area contributed by atoms with Crippen LogP contribution in [0.5, 0.6) is 5.75 Å². The van der Waals surface area contributed by atoms with Gasteiger partial charge in [0.2, 0.25) is 23.6 Å². The minimum absolute atomic E-state index is 0.0398. The Hall–Kier alpha value is -4.20. The van der Waals surface area contributed by atoms with Crippen LogP contribution >= 0.6 is 0 Å². The van der Waals surface area contributed by atoms with E-state index in [-0.39, 0.29) is 18.6 Å². The molecule has 0 radical (unpaired) electrons. The number of phenolic OH excluding ortho intramolecular Hbond substituents is 1. The molecule has 10 N–H and O–H groups in total. The van der Waals surface area contributed by atoms with Crippen LogP contribution in [0.1, 0.15) is 45.1 Å². The van der Waals surface area contributed by atoms with E-state index < -0.39 is 78.5 Å². The van der Waals surface area contributed by atoms with E-state index in [1.165, 1.54) is 24.3 Å². The normalized spacial score (nSPS) is 14.7. The molecule has 1 rings (SSSR count). The number of aliphatic carboxylic acids is 2. The summed E-state index contributed by atoms with van der Waals surface area (Å²) < 4.78 is 0. The summed E-state index contributed by atoms with van der Waals surface area (Å²) in [6.07, 6.45) is -1.07.